The SMILES string of the molecule is COc1cc(NC(=O)c2ccccc2)c([N+](=O)[O-])c(OC)c1Br. The molecule has 0 aliphatic rings. The van der Waals surface area contributed by atoms with Gasteiger partial charge in [0.05, 0.1) is 19.1 Å². The number of nitrogens with zero attached hydrogens (tertiary/aromatic N) is 1. The van der Waals surface area contributed by atoms with Crippen LogP contribution in [0.15, 0.2) is 40.9 Å². The summed E-state index contributed by atoms with van der Waals surface area (Å²) in [5.41, 5.74) is 0.00728. The monoisotopic (exact) mass is 380 g/mol. The minimum absolute atomic E-state index is 0.0132. The largest absolute Gasteiger partial charge is 0.495 e. The van der Waals surface area contributed by atoms with E-state index in [0.717, 1.165) is 0 Å². The number of benzene rings is 2. The Hall–Kier alpha value is -2.61. The Bertz CT molecular complexity index is 749. The molecule has 1 N–H and O–H groups in total. The molecule has 2 aromatic rings. The summed E-state index contributed by atoms with van der Waals surface area (Å²) in [5.74, 6) is -0.200. The number of nitro benzene ring substituents is 1. The summed E-state index contributed by atoms with van der Waals surface area (Å²) >= 11 is 3.20. The summed E-state index contributed by atoms with van der Waals surface area (Å²) in [6.07, 6.45) is 0. The van der Waals surface area contributed by atoms with Gasteiger partial charge in [-0.15, -0.1) is 0 Å². The topological polar surface area (TPSA) is 90.7 Å². The normalized spacial score (nSPS) is 10.0. The molecule has 0 aliphatic heterocycles. The molecule has 0 aliphatic carbocycles. The molecule has 0 radical (unpaired) electrons. The first-order valence-electron chi connectivity index (χ1n) is 6.44. The third-order valence-corrected chi connectivity index (χ3v) is 3.80. The summed E-state index contributed by atoms with van der Waals surface area (Å²) in [6, 6.07) is 9.75. The van der Waals surface area contributed by atoms with Gasteiger partial charge >= 0.3 is 5.69 Å². The zero-order valence-electron chi connectivity index (χ0n) is 12.3. The number of carbonyl (C=O) groups is 1. The van der Waals surface area contributed by atoms with E-state index in [-0.39, 0.29) is 17.1 Å². The predicted molar refractivity (Wildman–Crippen MR) is 88.3 cm³/mol. The van der Waals surface area contributed by atoms with Gasteiger partial charge in [-0.05, 0) is 28.1 Å². The lowest BCUT2D eigenvalue weighted by molar-refractivity contribution is -0.384. The van der Waals surface area contributed by atoms with Crippen molar-refractivity contribution in [3.05, 3.63) is 56.5 Å². The van der Waals surface area contributed by atoms with E-state index in [4.69, 9.17) is 9.47 Å². The fraction of sp³-hybridized carbons (Fsp3) is 0.133. The van der Waals surface area contributed by atoms with E-state index in [1.165, 1.54) is 20.3 Å². The predicted octanol–water partition coefficient (Wildman–Crippen LogP) is 3.63. The van der Waals surface area contributed by atoms with E-state index < -0.39 is 10.8 Å². The summed E-state index contributed by atoms with van der Waals surface area (Å²) in [6.45, 7) is 0. The van der Waals surface area contributed by atoms with Crippen molar-refractivity contribution in [2.45, 2.75) is 0 Å². The Balaban J connectivity index is 2.52. The summed E-state index contributed by atoms with van der Waals surface area (Å²) < 4.78 is 10.5. The van der Waals surface area contributed by atoms with E-state index in [9.17, 15) is 14.9 Å². The first-order valence-corrected chi connectivity index (χ1v) is 7.24. The van der Waals surface area contributed by atoms with Crippen LogP contribution in [-0.2, 0) is 0 Å². The van der Waals surface area contributed by atoms with Gasteiger partial charge < -0.3 is 14.8 Å². The summed E-state index contributed by atoms with van der Waals surface area (Å²) in [5, 5.41) is 13.9. The highest BCUT2D eigenvalue weighted by Crippen LogP contribution is 2.46. The molecule has 0 spiro atoms. The molecular formula is C15H13BrN2O5. The number of nitrogens with one attached hydrogen (secondary N) is 1. The molecule has 2 aromatic carbocycles. The van der Waals surface area contributed by atoms with Crippen molar-refractivity contribution in [1.82, 2.24) is 0 Å². The van der Waals surface area contributed by atoms with Crippen LogP contribution in [0.3, 0.4) is 0 Å². The van der Waals surface area contributed by atoms with Gasteiger partial charge in [0.1, 0.15) is 15.9 Å². The average molecular weight is 381 g/mol. The minimum atomic E-state index is -0.621. The molecule has 0 bridgehead atoms. The third-order valence-electron chi connectivity index (χ3n) is 3.05. The standard InChI is InChI=1S/C15H13BrN2O5/c1-22-11-8-10(13(18(20)21)14(23-2)12(11)16)17-15(19)9-6-4-3-5-7-9/h3-8H,1-2H3,(H,17,19). The van der Waals surface area contributed by atoms with Crippen molar-refractivity contribution < 1.29 is 19.2 Å². The van der Waals surface area contributed by atoms with Crippen molar-refractivity contribution in [2.75, 3.05) is 19.5 Å². The first-order chi connectivity index (χ1) is 11.0. The van der Waals surface area contributed by atoms with Gasteiger partial charge in [-0.25, -0.2) is 0 Å². The lowest BCUT2D eigenvalue weighted by Gasteiger charge is -2.13. The maximum absolute atomic E-state index is 12.2. The van der Waals surface area contributed by atoms with Crippen molar-refractivity contribution in [3.8, 4) is 11.5 Å². The van der Waals surface area contributed by atoms with Crippen molar-refractivity contribution in [3.63, 3.8) is 0 Å². The number of methoxy groups -OCH3 is 2. The number of hydrogen-bond donors (Lipinski definition) is 1. The number of amides is 1. The molecule has 7 nitrogen and oxygen atoms in total. The van der Waals surface area contributed by atoms with Crippen LogP contribution in [0.2, 0.25) is 0 Å². The zero-order chi connectivity index (χ0) is 17.0. The van der Waals surface area contributed by atoms with Gasteiger partial charge in [0.15, 0.2) is 0 Å². The first kappa shape index (κ1) is 16.8. The van der Waals surface area contributed by atoms with E-state index in [1.807, 2.05) is 0 Å². The van der Waals surface area contributed by atoms with Gasteiger partial charge in [0.25, 0.3) is 5.91 Å². The van der Waals surface area contributed by atoms with E-state index in [2.05, 4.69) is 21.2 Å². The number of halogens is 1. The third kappa shape index (κ3) is 3.42. The van der Waals surface area contributed by atoms with Gasteiger partial charge in [-0.3, -0.25) is 14.9 Å². The molecule has 8 heteroatoms. The Kier molecular flexibility index (Phi) is 5.17. The highest BCUT2D eigenvalue weighted by molar-refractivity contribution is 9.10. The van der Waals surface area contributed by atoms with Crippen LogP contribution in [-0.4, -0.2) is 25.1 Å². The highest BCUT2D eigenvalue weighted by atomic mass is 79.9. The van der Waals surface area contributed by atoms with Crippen LogP contribution in [0.5, 0.6) is 11.5 Å². The molecular weight excluding hydrogens is 368 g/mol. The fourth-order valence-electron chi connectivity index (χ4n) is 2.00. The lowest BCUT2D eigenvalue weighted by atomic mass is 10.2. The smallest absolute Gasteiger partial charge is 0.335 e. The van der Waals surface area contributed by atoms with Gasteiger partial charge in [0.2, 0.25) is 5.75 Å². The molecule has 2 rings (SSSR count). The Morgan fingerprint density at radius 3 is 2.39 bits per heavy atom. The van der Waals surface area contributed by atoms with Crippen LogP contribution < -0.4 is 14.8 Å². The zero-order valence-corrected chi connectivity index (χ0v) is 13.9. The molecule has 23 heavy (non-hydrogen) atoms. The Labute approximate surface area is 140 Å². The minimum Gasteiger partial charge on any atom is -0.495 e. The Morgan fingerprint density at radius 2 is 1.87 bits per heavy atom. The second-order valence-corrected chi connectivity index (χ2v) is 5.19. The molecule has 1 amide bonds. The maximum atomic E-state index is 12.2. The lowest BCUT2D eigenvalue weighted by Crippen LogP contribution is -2.13. The van der Waals surface area contributed by atoms with Crippen LogP contribution in [0.1, 0.15) is 10.4 Å². The Morgan fingerprint density at radius 1 is 1.22 bits per heavy atom. The molecule has 0 unspecified atom stereocenters. The number of hydrogen-bond acceptors (Lipinski definition) is 5. The quantitative estimate of drug-likeness (QED) is 0.631. The van der Waals surface area contributed by atoms with Gasteiger partial charge in [-0.1, -0.05) is 18.2 Å². The van der Waals surface area contributed by atoms with Crippen LogP contribution in [0.4, 0.5) is 11.4 Å². The molecule has 120 valence electrons. The average Bonchev–Trinajstić information content (AvgIpc) is 2.56. The summed E-state index contributed by atoms with van der Waals surface area (Å²) in [4.78, 5) is 23.0. The van der Waals surface area contributed by atoms with Crippen molar-refractivity contribution in [1.29, 1.82) is 0 Å². The van der Waals surface area contributed by atoms with Crippen molar-refractivity contribution >= 4 is 33.2 Å². The molecule has 0 atom stereocenters. The molecule has 0 fully saturated rings. The van der Waals surface area contributed by atoms with Crippen molar-refractivity contribution in [2.24, 2.45) is 0 Å². The number of ether oxygens (including phenoxy) is 2. The molecule has 0 heterocycles. The van der Waals surface area contributed by atoms with Crippen LogP contribution >= 0.6 is 15.9 Å². The second-order valence-electron chi connectivity index (χ2n) is 4.40. The number of nitro groups is 1. The highest BCUT2D eigenvalue weighted by Gasteiger charge is 2.28. The molecule has 0 saturated carbocycles. The van der Waals surface area contributed by atoms with Gasteiger partial charge in [-0.2, -0.15) is 0 Å². The van der Waals surface area contributed by atoms with Crippen LogP contribution in [0.25, 0.3) is 0 Å². The maximum Gasteiger partial charge on any atom is 0.335 e. The van der Waals surface area contributed by atoms with Gasteiger partial charge in [0, 0.05) is 11.6 Å². The number of anilines is 1. The molecule has 0 aromatic heterocycles. The summed E-state index contributed by atoms with van der Waals surface area (Å²) in [7, 11) is 2.71. The second kappa shape index (κ2) is 7.10. The number of carbonyl (C=O) groups excluding carboxylic acids is 1. The fourth-order valence-corrected chi connectivity index (χ4v) is 2.62. The van der Waals surface area contributed by atoms with E-state index in [1.54, 1.807) is 30.3 Å². The number of rotatable bonds is 5. The van der Waals surface area contributed by atoms with E-state index >= 15 is 0 Å². The molecule has 0 saturated heterocycles. The van der Waals surface area contributed by atoms with Crippen LogP contribution in [0, 0.1) is 10.1 Å². The van der Waals surface area contributed by atoms with E-state index in [0.29, 0.717) is 15.8 Å².